The van der Waals surface area contributed by atoms with Crippen molar-refractivity contribution < 1.29 is 28.6 Å². The second kappa shape index (κ2) is 5.51. The monoisotopic (exact) mass is 235 g/mol. The second-order valence-electron chi connectivity index (χ2n) is 3.40. The molecular formula is C8H13NO7. The van der Waals surface area contributed by atoms with Gasteiger partial charge in [0.25, 0.3) is 6.04 Å². The molecule has 0 aromatic carbocycles. The summed E-state index contributed by atoms with van der Waals surface area (Å²) < 4.78 is 25.3. The maximum Gasteiger partial charge on any atom is 0.291 e. The van der Waals surface area contributed by atoms with E-state index in [0.717, 1.165) is 0 Å². The molecule has 2 unspecified atom stereocenters. The minimum Gasteiger partial charge on any atom is -0.376 e. The molecule has 0 N–H and O–H groups in total. The fourth-order valence-electron chi connectivity index (χ4n) is 1.62. The van der Waals surface area contributed by atoms with E-state index >= 15 is 0 Å². The van der Waals surface area contributed by atoms with Crippen molar-refractivity contribution >= 4 is 0 Å². The molecule has 8 heteroatoms. The van der Waals surface area contributed by atoms with E-state index in [4.69, 9.17) is 23.7 Å². The number of ether oxygens (including phenoxy) is 5. The van der Waals surface area contributed by atoms with Gasteiger partial charge < -0.3 is 23.7 Å². The Labute approximate surface area is 91.5 Å². The smallest absolute Gasteiger partial charge is 0.291 e. The predicted octanol–water partition coefficient (Wildman–Crippen LogP) is -0.648. The molecule has 2 atom stereocenters. The summed E-state index contributed by atoms with van der Waals surface area (Å²) in [4.78, 5) is 10.5. The number of nitro groups is 1. The molecule has 16 heavy (non-hydrogen) atoms. The van der Waals surface area contributed by atoms with Gasteiger partial charge in [0, 0.05) is 4.92 Å². The van der Waals surface area contributed by atoms with Crippen molar-refractivity contribution in [3.05, 3.63) is 10.1 Å². The van der Waals surface area contributed by atoms with Gasteiger partial charge in [-0.15, -0.1) is 0 Å². The van der Waals surface area contributed by atoms with Gasteiger partial charge in [-0.1, -0.05) is 0 Å². The van der Waals surface area contributed by atoms with Crippen LogP contribution in [-0.2, 0) is 23.7 Å². The highest BCUT2D eigenvalue weighted by atomic mass is 16.8. The van der Waals surface area contributed by atoms with E-state index in [-0.39, 0.29) is 20.2 Å². The average molecular weight is 235 g/mol. The molecule has 2 aliphatic rings. The van der Waals surface area contributed by atoms with Gasteiger partial charge in [0.05, 0.1) is 19.8 Å². The number of nitrogens with zero attached hydrogens (tertiary/aromatic N) is 1. The molecular weight excluding hydrogens is 222 g/mol. The Hall–Kier alpha value is -0.800. The molecule has 0 amide bonds. The van der Waals surface area contributed by atoms with E-state index in [2.05, 4.69) is 0 Å². The zero-order valence-corrected chi connectivity index (χ0v) is 8.57. The molecule has 2 aliphatic heterocycles. The first-order valence-electron chi connectivity index (χ1n) is 4.93. The molecule has 0 spiro atoms. The van der Waals surface area contributed by atoms with Gasteiger partial charge in [0.1, 0.15) is 0 Å². The summed E-state index contributed by atoms with van der Waals surface area (Å²) in [6, 6.07) is -1.09. The van der Waals surface area contributed by atoms with E-state index in [9.17, 15) is 10.1 Å². The van der Waals surface area contributed by atoms with Crippen LogP contribution in [0.5, 0.6) is 0 Å². The molecule has 0 radical (unpaired) electrons. The third kappa shape index (κ3) is 2.66. The predicted molar refractivity (Wildman–Crippen MR) is 48.1 cm³/mol. The first-order valence-corrected chi connectivity index (χ1v) is 4.93. The zero-order valence-electron chi connectivity index (χ0n) is 8.57. The summed E-state index contributed by atoms with van der Waals surface area (Å²) in [6.45, 7) is 0.954. The van der Waals surface area contributed by atoms with Gasteiger partial charge in [-0.2, -0.15) is 0 Å². The van der Waals surface area contributed by atoms with Gasteiger partial charge in [0.2, 0.25) is 6.29 Å². The highest BCUT2D eigenvalue weighted by Gasteiger charge is 2.44. The number of rotatable bonds is 3. The molecule has 8 nitrogen and oxygen atoms in total. The number of hydrogen-bond donors (Lipinski definition) is 0. The fourth-order valence-corrected chi connectivity index (χ4v) is 1.62. The van der Waals surface area contributed by atoms with Crippen LogP contribution < -0.4 is 0 Å². The van der Waals surface area contributed by atoms with E-state index in [1.54, 1.807) is 0 Å². The van der Waals surface area contributed by atoms with Crippen molar-refractivity contribution in [1.29, 1.82) is 0 Å². The lowest BCUT2D eigenvalue weighted by atomic mass is 10.1. The lowest BCUT2D eigenvalue weighted by Gasteiger charge is -2.31. The largest absolute Gasteiger partial charge is 0.376 e. The summed E-state index contributed by atoms with van der Waals surface area (Å²) >= 11 is 0. The Morgan fingerprint density at radius 1 is 1.12 bits per heavy atom. The molecule has 0 saturated carbocycles. The van der Waals surface area contributed by atoms with Crippen molar-refractivity contribution in [1.82, 2.24) is 0 Å². The molecule has 92 valence electrons. The number of hydrogen-bond acceptors (Lipinski definition) is 7. The molecule has 2 fully saturated rings. The standard InChI is InChI=1S/C8H13NO7/c10-9(11)7(6-3-12-1-2-14-6)8-15-4-13-5-16-8/h6-8H,1-5H2. The van der Waals surface area contributed by atoms with Crippen LogP contribution in [-0.4, -0.2) is 56.8 Å². The Balaban J connectivity index is 1.99. The van der Waals surface area contributed by atoms with Crippen molar-refractivity contribution in [3.63, 3.8) is 0 Å². The summed E-state index contributed by atoms with van der Waals surface area (Å²) in [7, 11) is 0. The van der Waals surface area contributed by atoms with Crippen LogP contribution in [0, 0.1) is 10.1 Å². The lowest BCUT2D eigenvalue weighted by molar-refractivity contribution is -0.572. The summed E-state index contributed by atoms with van der Waals surface area (Å²) in [6.07, 6.45) is -1.60. The van der Waals surface area contributed by atoms with Crippen LogP contribution >= 0.6 is 0 Å². The van der Waals surface area contributed by atoms with Crippen molar-refractivity contribution in [2.75, 3.05) is 33.4 Å². The van der Waals surface area contributed by atoms with Gasteiger partial charge >= 0.3 is 0 Å². The van der Waals surface area contributed by atoms with Gasteiger partial charge in [-0.25, -0.2) is 0 Å². The van der Waals surface area contributed by atoms with Crippen LogP contribution in [0.25, 0.3) is 0 Å². The van der Waals surface area contributed by atoms with Crippen LogP contribution in [0.2, 0.25) is 0 Å². The van der Waals surface area contributed by atoms with Crippen molar-refractivity contribution in [3.8, 4) is 0 Å². The second-order valence-corrected chi connectivity index (χ2v) is 3.40. The molecule has 0 aromatic rings. The van der Waals surface area contributed by atoms with Crippen LogP contribution in [0.15, 0.2) is 0 Å². The highest BCUT2D eigenvalue weighted by Crippen LogP contribution is 2.17. The Kier molecular flexibility index (Phi) is 4.02. The van der Waals surface area contributed by atoms with Gasteiger partial charge in [0.15, 0.2) is 19.7 Å². The van der Waals surface area contributed by atoms with Crippen molar-refractivity contribution in [2.24, 2.45) is 0 Å². The summed E-state index contributed by atoms with van der Waals surface area (Å²) in [5.41, 5.74) is 0. The van der Waals surface area contributed by atoms with E-state index < -0.39 is 23.4 Å². The molecule has 2 rings (SSSR count). The first kappa shape index (κ1) is 11.7. The van der Waals surface area contributed by atoms with Gasteiger partial charge in [-0.05, 0) is 0 Å². The minimum absolute atomic E-state index is 0.0113. The first-order chi connectivity index (χ1) is 7.79. The van der Waals surface area contributed by atoms with Crippen LogP contribution in [0.3, 0.4) is 0 Å². The van der Waals surface area contributed by atoms with E-state index in [1.807, 2.05) is 0 Å². The molecule has 0 aliphatic carbocycles. The molecule has 2 saturated heterocycles. The Morgan fingerprint density at radius 3 is 2.44 bits per heavy atom. The Bertz CT molecular complexity index is 219. The highest BCUT2D eigenvalue weighted by molar-refractivity contribution is 4.75. The van der Waals surface area contributed by atoms with Gasteiger partial charge in [-0.3, -0.25) is 10.1 Å². The third-order valence-corrected chi connectivity index (χ3v) is 2.38. The van der Waals surface area contributed by atoms with Crippen LogP contribution in [0.1, 0.15) is 0 Å². The van der Waals surface area contributed by atoms with Crippen LogP contribution in [0.4, 0.5) is 0 Å². The average Bonchev–Trinajstić information content (AvgIpc) is 2.31. The lowest BCUT2D eigenvalue weighted by Crippen LogP contribution is -2.52. The summed E-state index contributed by atoms with van der Waals surface area (Å²) in [5.74, 6) is 0. The molecule has 0 bridgehead atoms. The quantitative estimate of drug-likeness (QED) is 0.474. The fraction of sp³-hybridized carbons (Fsp3) is 1.00. The zero-order chi connectivity index (χ0) is 11.4. The normalized spacial score (nSPS) is 29.9. The molecule has 2 heterocycles. The minimum atomic E-state index is -1.09. The van der Waals surface area contributed by atoms with Crippen molar-refractivity contribution in [2.45, 2.75) is 18.4 Å². The maximum atomic E-state index is 11.0. The SMILES string of the molecule is O=[N+]([O-])C(C1COCCO1)C1OCOCO1. The third-order valence-electron chi connectivity index (χ3n) is 2.38. The topological polar surface area (TPSA) is 89.3 Å². The Morgan fingerprint density at radius 2 is 1.88 bits per heavy atom. The maximum absolute atomic E-state index is 11.0. The molecule has 0 aromatic heterocycles. The summed E-state index contributed by atoms with van der Waals surface area (Å²) in [5, 5.41) is 11.0. The van der Waals surface area contributed by atoms with E-state index in [1.165, 1.54) is 0 Å². The van der Waals surface area contributed by atoms with E-state index in [0.29, 0.717) is 13.2 Å².